The van der Waals surface area contributed by atoms with Crippen LogP contribution in [-0.4, -0.2) is 41.2 Å². The summed E-state index contributed by atoms with van der Waals surface area (Å²) in [4.78, 5) is 20.5. The molecule has 0 aromatic carbocycles. The molecule has 5 nitrogen and oxygen atoms in total. The molecule has 0 spiro atoms. The first-order chi connectivity index (χ1) is 10.5. The molecule has 1 amide bonds. The molecular formula is C16H22N4OS. The molecule has 0 radical (unpaired) electrons. The van der Waals surface area contributed by atoms with Gasteiger partial charge in [-0.05, 0) is 19.4 Å². The molecule has 1 aliphatic rings. The van der Waals surface area contributed by atoms with E-state index in [9.17, 15) is 4.79 Å². The molecule has 22 heavy (non-hydrogen) atoms. The predicted octanol–water partition coefficient (Wildman–Crippen LogP) is 3.35. The lowest BCUT2D eigenvalue weighted by molar-refractivity contribution is -0.120. The molecule has 6 heteroatoms. The van der Waals surface area contributed by atoms with Crippen LogP contribution in [0.25, 0.3) is 0 Å². The lowest BCUT2D eigenvalue weighted by atomic mass is 10.2. The Morgan fingerprint density at radius 1 is 1.50 bits per heavy atom. The number of hydrogen-bond acceptors (Lipinski definition) is 5. The van der Waals surface area contributed by atoms with E-state index in [0.717, 1.165) is 29.1 Å². The normalized spacial score (nSPS) is 18.4. The first-order valence-corrected chi connectivity index (χ1v) is 7.74. The van der Waals surface area contributed by atoms with Crippen LogP contribution >= 0.6 is 11.8 Å². The maximum Gasteiger partial charge on any atom is 0.269 e. The zero-order chi connectivity index (χ0) is 16.7. The number of aliphatic imine (C=N–C) groups is 1. The molecule has 118 valence electrons. The van der Waals surface area contributed by atoms with Gasteiger partial charge in [0.15, 0.2) is 0 Å². The maximum atomic E-state index is 12.5. The molecule has 0 unspecified atom stereocenters. The van der Waals surface area contributed by atoms with E-state index >= 15 is 0 Å². The van der Waals surface area contributed by atoms with Gasteiger partial charge in [0.2, 0.25) is 0 Å². The van der Waals surface area contributed by atoms with Crippen LogP contribution in [-0.2, 0) is 4.79 Å². The minimum atomic E-state index is -0.233. The minimum Gasteiger partial charge on any atom is -0.381 e. The van der Waals surface area contributed by atoms with Gasteiger partial charge in [-0.1, -0.05) is 31.3 Å². The van der Waals surface area contributed by atoms with Gasteiger partial charge < -0.3 is 4.90 Å². The zero-order valence-corrected chi connectivity index (χ0v) is 14.3. The zero-order valence-electron chi connectivity index (χ0n) is 13.5. The van der Waals surface area contributed by atoms with Crippen LogP contribution in [0.15, 0.2) is 52.3 Å². The van der Waals surface area contributed by atoms with Crippen molar-refractivity contribution in [2.75, 3.05) is 14.1 Å². The van der Waals surface area contributed by atoms with E-state index in [-0.39, 0.29) is 5.91 Å². The number of thioether (sulfide) groups is 1. The molecule has 0 aromatic heterocycles. The number of amides is 1. The standard InChI is InChI=1S/C16H22N4OS/c1-6-8-9-20(11-17)16(21)14-10-13(12(3)19(4)5)15(22-14)18-7-2/h7-11,17H,2,6H2,1,3-5H3/b9-8+,13-12+,17-11?,18-15?. The number of carbonyl (C=O) groups excluding carboxylic acids is 1. The molecular weight excluding hydrogens is 296 g/mol. The van der Waals surface area contributed by atoms with Crippen molar-refractivity contribution in [1.29, 1.82) is 5.41 Å². The molecule has 1 aliphatic heterocycles. The highest BCUT2D eigenvalue weighted by Crippen LogP contribution is 2.35. The molecule has 0 atom stereocenters. The second-order valence-corrected chi connectivity index (χ2v) is 5.79. The third-order valence-corrected chi connectivity index (χ3v) is 4.10. The summed E-state index contributed by atoms with van der Waals surface area (Å²) in [5, 5.41) is 8.14. The van der Waals surface area contributed by atoms with Gasteiger partial charge in [-0.25, -0.2) is 4.99 Å². The summed E-state index contributed by atoms with van der Waals surface area (Å²) in [5.74, 6) is -0.233. The van der Waals surface area contributed by atoms with Crippen molar-refractivity contribution in [3.63, 3.8) is 0 Å². The molecule has 0 saturated carbocycles. The third-order valence-electron chi connectivity index (χ3n) is 3.07. The van der Waals surface area contributed by atoms with E-state index in [1.807, 2.05) is 45.0 Å². The summed E-state index contributed by atoms with van der Waals surface area (Å²) in [5.41, 5.74) is 1.92. The molecule has 0 saturated heterocycles. The molecule has 1 heterocycles. The van der Waals surface area contributed by atoms with Gasteiger partial charge >= 0.3 is 0 Å². The number of nitrogens with zero attached hydrogens (tertiary/aromatic N) is 3. The molecule has 1 N–H and O–H groups in total. The number of allylic oxidation sites excluding steroid dienone is 3. The average Bonchev–Trinajstić information content (AvgIpc) is 2.91. The molecule has 0 aliphatic carbocycles. The Labute approximate surface area is 136 Å². The predicted molar refractivity (Wildman–Crippen MR) is 94.8 cm³/mol. The minimum absolute atomic E-state index is 0.233. The van der Waals surface area contributed by atoms with Crippen LogP contribution in [0, 0.1) is 5.41 Å². The van der Waals surface area contributed by atoms with Crippen LogP contribution in [0.3, 0.4) is 0 Å². The fourth-order valence-electron chi connectivity index (χ4n) is 1.68. The summed E-state index contributed by atoms with van der Waals surface area (Å²) < 4.78 is 0. The van der Waals surface area contributed by atoms with Crippen LogP contribution in [0.1, 0.15) is 20.3 Å². The number of carbonyl (C=O) groups is 1. The number of rotatable bonds is 6. The third kappa shape index (κ3) is 4.21. The van der Waals surface area contributed by atoms with Crippen molar-refractivity contribution in [1.82, 2.24) is 9.80 Å². The Morgan fingerprint density at radius 2 is 2.18 bits per heavy atom. The van der Waals surface area contributed by atoms with Crippen LogP contribution in [0.2, 0.25) is 0 Å². The van der Waals surface area contributed by atoms with E-state index < -0.39 is 0 Å². The monoisotopic (exact) mass is 318 g/mol. The summed E-state index contributed by atoms with van der Waals surface area (Å²) >= 11 is 1.30. The highest BCUT2D eigenvalue weighted by Gasteiger charge is 2.27. The fraction of sp³-hybridized carbons (Fsp3) is 0.312. The highest BCUT2D eigenvalue weighted by atomic mass is 32.2. The quantitative estimate of drug-likeness (QED) is 0.603. The lowest BCUT2D eigenvalue weighted by Gasteiger charge is -2.15. The van der Waals surface area contributed by atoms with Gasteiger partial charge in [0.1, 0.15) is 5.04 Å². The Kier molecular flexibility index (Phi) is 6.85. The fourth-order valence-corrected chi connectivity index (χ4v) is 2.70. The van der Waals surface area contributed by atoms with Crippen molar-refractivity contribution in [3.8, 4) is 0 Å². The summed E-state index contributed by atoms with van der Waals surface area (Å²) in [7, 11) is 3.89. The van der Waals surface area contributed by atoms with E-state index in [1.165, 1.54) is 22.9 Å². The van der Waals surface area contributed by atoms with Gasteiger partial charge in [-0.15, -0.1) is 0 Å². The van der Waals surface area contributed by atoms with Gasteiger partial charge in [0, 0.05) is 37.8 Å². The van der Waals surface area contributed by atoms with E-state index in [4.69, 9.17) is 5.41 Å². The molecule has 0 aromatic rings. The van der Waals surface area contributed by atoms with Crippen molar-refractivity contribution >= 4 is 29.1 Å². The van der Waals surface area contributed by atoms with Crippen LogP contribution in [0.4, 0.5) is 0 Å². The van der Waals surface area contributed by atoms with Crippen LogP contribution in [0.5, 0.6) is 0 Å². The largest absolute Gasteiger partial charge is 0.381 e. The van der Waals surface area contributed by atoms with E-state index in [2.05, 4.69) is 11.6 Å². The Balaban J connectivity index is 3.19. The lowest BCUT2D eigenvalue weighted by Crippen LogP contribution is -2.24. The second-order valence-electron chi connectivity index (χ2n) is 4.76. The van der Waals surface area contributed by atoms with Crippen LogP contribution < -0.4 is 0 Å². The topological polar surface area (TPSA) is 59.8 Å². The Hall–Kier alpha value is -2.08. The van der Waals surface area contributed by atoms with Gasteiger partial charge in [-0.3, -0.25) is 15.1 Å². The number of nitrogens with one attached hydrogen (secondary N) is 1. The van der Waals surface area contributed by atoms with Crippen molar-refractivity contribution in [2.24, 2.45) is 4.99 Å². The summed E-state index contributed by atoms with van der Waals surface area (Å²) in [6.45, 7) is 7.57. The van der Waals surface area contributed by atoms with E-state index in [1.54, 1.807) is 6.20 Å². The highest BCUT2D eigenvalue weighted by molar-refractivity contribution is 8.18. The van der Waals surface area contributed by atoms with Crippen molar-refractivity contribution in [2.45, 2.75) is 20.3 Å². The first-order valence-electron chi connectivity index (χ1n) is 6.93. The number of hydrogen-bond donors (Lipinski definition) is 1. The van der Waals surface area contributed by atoms with Crippen molar-refractivity contribution in [3.05, 3.63) is 47.3 Å². The SMILES string of the molecule is C=CN=C1SC(C(=O)N(C=N)/C=C/CC)=C/C1=C(/C)N(C)C. The molecule has 1 rings (SSSR count). The summed E-state index contributed by atoms with van der Waals surface area (Å²) in [6.07, 6.45) is 8.56. The molecule has 0 bridgehead atoms. The smallest absolute Gasteiger partial charge is 0.269 e. The second kappa shape index (κ2) is 8.38. The van der Waals surface area contributed by atoms with Gasteiger partial charge in [0.05, 0.1) is 11.2 Å². The summed E-state index contributed by atoms with van der Waals surface area (Å²) in [6, 6.07) is 0. The van der Waals surface area contributed by atoms with E-state index in [0.29, 0.717) is 4.91 Å². The Morgan fingerprint density at radius 3 is 2.68 bits per heavy atom. The van der Waals surface area contributed by atoms with Gasteiger partial charge in [-0.2, -0.15) is 0 Å². The Bertz CT molecular complexity index is 585. The molecule has 0 fully saturated rings. The average molecular weight is 318 g/mol. The van der Waals surface area contributed by atoms with Crippen molar-refractivity contribution < 1.29 is 4.79 Å². The maximum absolute atomic E-state index is 12.5. The van der Waals surface area contributed by atoms with Gasteiger partial charge in [0.25, 0.3) is 5.91 Å². The first kappa shape index (κ1) is 18.0.